The summed E-state index contributed by atoms with van der Waals surface area (Å²) in [6, 6.07) is 12.5. The first kappa shape index (κ1) is 15.2. The van der Waals surface area contributed by atoms with Crippen molar-refractivity contribution in [1.29, 1.82) is 0 Å². The number of carbonyl (C=O) groups is 1. The van der Waals surface area contributed by atoms with E-state index in [0.29, 0.717) is 11.3 Å². The molecule has 0 aromatic heterocycles. The first-order valence-electron chi connectivity index (χ1n) is 8.04. The number of nitrogens with zero attached hydrogens (tertiary/aromatic N) is 2. The lowest BCUT2D eigenvalue weighted by molar-refractivity contribution is -0.384. The maximum Gasteiger partial charge on any atom is 0.271 e. The number of fused-ring (bicyclic) bond motifs is 2. The Morgan fingerprint density at radius 2 is 1.83 bits per heavy atom. The summed E-state index contributed by atoms with van der Waals surface area (Å²) in [5, 5.41) is 11.2. The molecule has 1 heterocycles. The summed E-state index contributed by atoms with van der Waals surface area (Å²) in [5.41, 5.74) is 1.37. The highest BCUT2D eigenvalue weighted by Gasteiger charge is 2.34. The van der Waals surface area contributed by atoms with Crippen LogP contribution in [0, 0.1) is 10.1 Å². The van der Waals surface area contributed by atoms with Crippen molar-refractivity contribution in [2.24, 2.45) is 0 Å². The highest BCUT2D eigenvalue weighted by molar-refractivity contribution is 7.99. The molecule has 0 N–H and O–H groups in total. The van der Waals surface area contributed by atoms with Gasteiger partial charge in [-0.2, -0.15) is 0 Å². The number of carbonyl (C=O) groups excluding carboxylic acids is 1. The second kappa shape index (κ2) is 5.94. The zero-order valence-electron chi connectivity index (χ0n) is 13.0. The predicted molar refractivity (Wildman–Crippen MR) is 92.7 cm³/mol. The standard InChI is InChI=1S/C18H16N2O3S/c21-18-14-7-3-4-8-16(14)24-17-10-9-13(20(22)23)11-15(17)19(18)12-5-1-2-6-12/h3-4,7-12H,1-2,5-6H2. The van der Waals surface area contributed by atoms with Crippen molar-refractivity contribution >= 4 is 29.0 Å². The Hall–Kier alpha value is -2.34. The van der Waals surface area contributed by atoms with E-state index >= 15 is 0 Å². The van der Waals surface area contributed by atoms with Crippen LogP contribution >= 0.6 is 11.8 Å². The lowest BCUT2D eigenvalue weighted by Gasteiger charge is -2.29. The van der Waals surface area contributed by atoms with Gasteiger partial charge in [0, 0.05) is 28.0 Å². The molecular formula is C18H16N2O3S. The van der Waals surface area contributed by atoms with E-state index in [4.69, 9.17) is 0 Å². The topological polar surface area (TPSA) is 63.4 Å². The summed E-state index contributed by atoms with van der Waals surface area (Å²) in [6.45, 7) is 0. The molecule has 2 aromatic rings. The molecule has 2 aromatic carbocycles. The average Bonchev–Trinajstić information content (AvgIpc) is 3.07. The summed E-state index contributed by atoms with van der Waals surface area (Å²) in [4.78, 5) is 27.6. The summed E-state index contributed by atoms with van der Waals surface area (Å²) >= 11 is 1.50. The Labute approximate surface area is 143 Å². The van der Waals surface area contributed by atoms with Crippen molar-refractivity contribution in [1.82, 2.24) is 0 Å². The minimum atomic E-state index is -0.402. The van der Waals surface area contributed by atoms with Crippen LogP contribution in [0.3, 0.4) is 0 Å². The van der Waals surface area contributed by atoms with Crippen LogP contribution < -0.4 is 4.90 Å². The molecule has 1 saturated carbocycles. The number of benzene rings is 2. The molecule has 0 spiro atoms. The number of anilines is 1. The van der Waals surface area contributed by atoms with E-state index in [1.807, 2.05) is 24.3 Å². The lowest BCUT2D eigenvalue weighted by atomic mass is 10.1. The largest absolute Gasteiger partial charge is 0.304 e. The summed E-state index contributed by atoms with van der Waals surface area (Å²) < 4.78 is 0. The van der Waals surface area contributed by atoms with Gasteiger partial charge in [0.05, 0.1) is 16.2 Å². The van der Waals surface area contributed by atoms with Gasteiger partial charge >= 0.3 is 0 Å². The van der Waals surface area contributed by atoms with Crippen molar-refractivity contribution in [3.05, 3.63) is 58.1 Å². The second-order valence-electron chi connectivity index (χ2n) is 6.12. The SMILES string of the molecule is O=C1c2ccccc2Sc2ccc([N+](=O)[O-])cc2N1C1CCCC1. The Morgan fingerprint density at radius 3 is 2.58 bits per heavy atom. The van der Waals surface area contributed by atoms with E-state index in [0.717, 1.165) is 35.5 Å². The van der Waals surface area contributed by atoms with Crippen LogP contribution in [0.5, 0.6) is 0 Å². The van der Waals surface area contributed by atoms with Crippen LogP contribution in [-0.4, -0.2) is 16.9 Å². The first-order valence-corrected chi connectivity index (χ1v) is 8.85. The molecular weight excluding hydrogens is 324 g/mol. The predicted octanol–water partition coefficient (Wildman–Crippen LogP) is 4.65. The van der Waals surface area contributed by atoms with Crippen molar-refractivity contribution < 1.29 is 9.72 Å². The molecule has 0 radical (unpaired) electrons. The number of non-ortho nitro benzene ring substituents is 1. The van der Waals surface area contributed by atoms with Gasteiger partial charge in [0.25, 0.3) is 11.6 Å². The van der Waals surface area contributed by atoms with Crippen LogP contribution in [0.1, 0.15) is 36.0 Å². The molecule has 0 bridgehead atoms. The summed E-state index contributed by atoms with van der Waals surface area (Å²) in [7, 11) is 0. The van der Waals surface area contributed by atoms with Crippen LogP contribution in [0.25, 0.3) is 0 Å². The van der Waals surface area contributed by atoms with Crippen LogP contribution in [0.2, 0.25) is 0 Å². The Kier molecular flexibility index (Phi) is 3.76. The fourth-order valence-electron chi connectivity index (χ4n) is 3.51. The van der Waals surface area contributed by atoms with Gasteiger partial charge in [-0.25, -0.2) is 0 Å². The van der Waals surface area contributed by atoms with Gasteiger partial charge < -0.3 is 4.90 Å². The molecule has 0 unspecified atom stereocenters. The zero-order chi connectivity index (χ0) is 16.7. The van der Waals surface area contributed by atoms with Crippen molar-refractivity contribution in [3.8, 4) is 0 Å². The van der Waals surface area contributed by atoms with Crippen LogP contribution in [-0.2, 0) is 0 Å². The number of hydrogen-bond donors (Lipinski definition) is 0. The third-order valence-corrected chi connectivity index (χ3v) is 5.80. The van der Waals surface area contributed by atoms with Gasteiger partial charge in [-0.05, 0) is 31.0 Å². The molecule has 0 atom stereocenters. The van der Waals surface area contributed by atoms with Crippen molar-refractivity contribution in [2.75, 3.05) is 4.90 Å². The van der Waals surface area contributed by atoms with Crippen molar-refractivity contribution in [3.63, 3.8) is 0 Å². The molecule has 2 aliphatic rings. The van der Waals surface area contributed by atoms with Gasteiger partial charge in [0.2, 0.25) is 0 Å². The van der Waals surface area contributed by atoms with E-state index < -0.39 is 4.92 Å². The molecule has 1 aliphatic heterocycles. The number of amides is 1. The fourth-order valence-corrected chi connectivity index (χ4v) is 4.56. The second-order valence-corrected chi connectivity index (χ2v) is 7.20. The first-order chi connectivity index (χ1) is 11.6. The van der Waals surface area contributed by atoms with E-state index in [1.165, 1.54) is 17.8 Å². The number of nitro groups is 1. The fraction of sp³-hybridized carbons (Fsp3) is 0.278. The molecule has 4 rings (SSSR count). The van der Waals surface area contributed by atoms with Gasteiger partial charge in [-0.3, -0.25) is 14.9 Å². The van der Waals surface area contributed by atoms with Crippen LogP contribution in [0.4, 0.5) is 11.4 Å². The summed E-state index contributed by atoms with van der Waals surface area (Å²) in [6.07, 6.45) is 4.07. The zero-order valence-corrected chi connectivity index (χ0v) is 13.8. The smallest absolute Gasteiger partial charge is 0.271 e. The van der Waals surface area contributed by atoms with E-state index in [-0.39, 0.29) is 17.6 Å². The molecule has 0 saturated heterocycles. The monoisotopic (exact) mass is 340 g/mol. The molecule has 122 valence electrons. The van der Waals surface area contributed by atoms with Gasteiger partial charge in [0.1, 0.15) is 0 Å². The minimum Gasteiger partial charge on any atom is -0.304 e. The average molecular weight is 340 g/mol. The van der Waals surface area contributed by atoms with Gasteiger partial charge in [-0.1, -0.05) is 36.7 Å². The quantitative estimate of drug-likeness (QED) is 0.590. The highest BCUT2D eigenvalue weighted by Crippen LogP contribution is 2.45. The van der Waals surface area contributed by atoms with E-state index in [1.54, 1.807) is 17.0 Å². The molecule has 5 nitrogen and oxygen atoms in total. The maximum absolute atomic E-state index is 13.2. The lowest BCUT2D eigenvalue weighted by Crippen LogP contribution is -2.39. The van der Waals surface area contributed by atoms with Crippen LogP contribution in [0.15, 0.2) is 52.3 Å². The Balaban J connectivity index is 1.91. The molecule has 6 heteroatoms. The highest BCUT2D eigenvalue weighted by atomic mass is 32.2. The third kappa shape index (κ3) is 2.47. The summed E-state index contributed by atoms with van der Waals surface area (Å²) in [5.74, 6) is -0.0516. The Bertz CT molecular complexity index is 831. The normalized spacial score (nSPS) is 17.3. The molecule has 1 amide bonds. The van der Waals surface area contributed by atoms with E-state index in [2.05, 4.69) is 0 Å². The Morgan fingerprint density at radius 1 is 1.08 bits per heavy atom. The molecule has 1 fully saturated rings. The number of rotatable bonds is 2. The van der Waals surface area contributed by atoms with E-state index in [9.17, 15) is 14.9 Å². The number of hydrogen-bond acceptors (Lipinski definition) is 4. The maximum atomic E-state index is 13.2. The van der Waals surface area contributed by atoms with Gasteiger partial charge in [0.15, 0.2) is 0 Å². The minimum absolute atomic E-state index is 0.0242. The number of nitro benzene ring substituents is 1. The van der Waals surface area contributed by atoms with Gasteiger partial charge in [-0.15, -0.1) is 0 Å². The molecule has 1 aliphatic carbocycles. The van der Waals surface area contributed by atoms with Crippen molar-refractivity contribution in [2.45, 2.75) is 41.5 Å². The third-order valence-electron chi connectivity index (χ3n) is 4.66. The molecule has 24 heavy (non-hydrogen) atoms.